The molecule has 1 unspecified atom stereocenters. The molecule has 3 aromatic rings. The van der Waals surface area contributed by atoms with E-state index in [1.165, 1.54) is 11.1 Å². The Morgan fingerprint density at radius 1 is 1.08 bits per heavy atom. The molecule has 4 nitrogen and oxygen atoms in total. The summed E-state index contributed by atoms with van der Waals surface area (Å²) in [6.45, 7) is 3.97. The molecule has 0 spiro atoms. The second kappa shape index (κ2) is 6.94. The van der Waals surface area contributed by atoms with Crippen LogP contribution in [-0.4, -0.2) is 22.6 Å². The van der Waals surface area contributed by atoms with E-state index in [0.29, 0.717) is 16.7 Å². The van der Waals surface area contributed by atoms with E-state index in [-0.39, 0.29) is 5.56 Å². The van der Waals surface area contributed by atoms with E-state index in [9.17, 15) is 4.79 Å². The highest BCUT2D eigenvalue weighted by Gasteiger charge is 2.18. The average Bonchev–Trinajstić information content (AvgIpc) is 2.64. The molecule has 1 aromatic heterocycles. The fraction of sp³-hybridized carbons (Fsp3) is 0.300. The highest BCUT2D eigenvalue weighted by atomic mass is 32.1. The molecule has 0 fully saturated rings. The van der Waals surface area contributed by atoms with Crippen molar-refractivity contribution < 1.29 is 4.90 Å². The van der Waals surface area contributed by atoms with Crippen LogP contribution in [0.4, 0.5) is 0 Å². The third kappa shape index (κ3) is 3.30. The van der Waals surface area contributed by atoms with E-state index >= 15 is 0 Å². The Morgan fingerprint density at radius 3 is 2.72 bits per heavy atom. The standard InChI is InChI=1S/C20H21N3OS/c24-19-17-8-3-4-9-18(17)21-20(25)23(19)12-5-11-22-13-10-15-6-1-2-7-16(15)14-22/h1-4,6-9H,5,10-14H2,(H,21,25)/p+1. The summed E-state index contributed by atoms with van der Waals surface area (Å²) in [4.78, 5) is 17.4. The number of fused-ring (bicyclic) bond motifs is 2. The molecule has 1 atom stereocenters. The highest BCUT2D eigenvalue weighted by molar-refractivity contribution is 7.71. The number of rotatable bonds is 4. The normalized spacial score (nSPS) is 16.7. The predicted octanol–water partition coefficient (Wildman–Crippen LogP) is 2.09. The van der Waals surface area contributed by atoms with E-state index < -0.39 is 0 Å². The van der Waals surface area contributed by atoms with Crippen LogP contribution in [0.1, 0.15) is 17.5 Å². The maximum atomic E-state index is 12.7. The van der Waals surface area contributed by atoms with Crippen LogP contribution in [-0.2, 0) is 19.5 Å². The molecule has 25 heavy (non-hydrogen) atoms. The third-order valence-corrected chi connectivity index (χ3v) is 5.43. The second-order valence-electron chi connectivity index (χ2n) is 6.73. The van der Waals surface area contributed by atoms with Gasteiger partial charge in [-0.05, 0) is 29.9 Å². The Hall–Kier alpha value is -2.24. The average molecular weight is 352 g/mol. The van der Waals surface area contributed by atoms with Gasteiger partial charge in [0, 0.05) is 24.9 Å². The number of H-pyrrole nitrogens is 1. The lowest BCUT2D eigenvalue weighted by molar-refractivity contribution is -0.916. The molecule has 128 valence electrons. The van der Waals surface area contributed by atoms with Crippen LogP contribution in [0.25, 0.3) is 10.9 Å². The summed E-state index contributed by atoms with van der Waals surface area (Å²) < 4.78 is 2.22. The van der Waals surface area contributed by atoms with Gasteiger partial charge in [0.05, 0.1) is 24.0 Å². The van der Waals surface area contributed by atoms with Crippen molar-refractivity contribution in [2.24, 2.45) is 0 Å². The fourth-order valence-corrected chi connectivity index (χ4v) is 4.03. The zero-order chi connectivity index (χ0) is 17.2. The second-order valence-corrected chi connectivity index (χ2v) is 7.12. The summed E-state index contributed by atoms with van der Waals surface area (Å²) in [5, 5.41) is 0.704. The van der Waals surface area contributed by atoms with E-state index in [4.69, 9.17) is 12.2 Å². The van der Waals surface area contributed by atoms with Crippen molar-refractivity contribution in [2.75, 3.05) is 13.1 Å². The summed E-state index contributed by atoms with van der Waals surface area (Å²) in [5.74, 6) is 0. The van der Waals surface area contributed by atoms with E-state index in [0.717, 1.165) is 38.0 Å². The molecule has 0 aliphatic carbocycles. The van der Waals surface area contributed by atoms with Crippen molar-refractivity contribution in [3.8, 4) is 0 Å². The Balaban J connectivity index is 1.45. The summed E-state index contributed by atoms with van der Waals surface area (Å²) in [6.07, 6.45) is 2.09. The fourth-order valence-electron chi connectivity index (χ4n) is 3.75. The van der Waals surface area contributed by atoms with Gasteiger partial charge in [-0.25, -0.2) is 0 Å². The number of benzene rings is 2. The number of quaternary nitrogens is 1. The van der Waals surface area contributed by atoms with Crippen LogP contribution in [0, 0.1) is 4.77 Å². The molecule has 2 N–H and O–H groups in total. The number of nitrogens with zero attached hydrogens (tertiary/aromatic N) is 1. The van der Waals surface area contributed by atoms with Crippen molar-refractivity contribution >= 4 is 23.1 Å². The number of aromatic nitrogens is 2. The molecule has 2 aromatic carbocycles. The first kappa shape index (κ1) is 16.2. The van der Waals surface area contributed by atoms with Gasteiger partial charge < -0.3 is 9.88 Å². The zero-order valence-corrected chi connectivity index (χ0v) is 14.9. The molecule has 0 amide bonds. The zero-order valence-electron chi connectivity index (χ0n) is 14.1. The Kier molecular flexibility index (Phi) is 4.51. The van der Waals surface area contributed by atoms with Crippen molar-refractivity contribution in [2.45, 2.75) is 25.9 Å². The van der Waals surface area contributed by atoms with E-state index in [2.05, 4.69) is 29.2 Å². The lowest BCUT2D eigenvalue weighted by atomic mass is 10.00. The van der Waals surface area contributed by atoms with Gasteiger partial charge in [-0.15, -0.1) is 0 Å². The Labute approximate surface area is 151 Å². The predicted molar refractivity (Wildman–Crippen MR) is 103 cm³/mol. The van der Waals surface area contributed by atoms with Crippen molar-refractivity contribution in [1.29, 1.82) is 0 Å². The first-order valence-electron chi connectivity index (χ1n) is 8.84. The lowest BCUT2D eigenvalue weighted by Crippen LogP contribution is -3.11. The van der Waals surface area contributed by atoms with Crippen molar-refractivity contribution in [3.05, 3.63) is 74.8 Å². The molecule has 0 saturated heterocycles. The Morgan fingerprint density at radius 2 is 1.84 bits per heavy atom. The summed E-state index contributed by atoms with van der Waals surface area (Å²) in [7, 11) is 0. The maximum Gasteiger partial charge on any atom is 0.262 e. The summed E-state index contributed by atoms with van der Waals surface area (Å²) >= 11 is 5.39. The minimum atomic E-state index is 0.0124. The first-order valence-corrected chi connectivity index (χ1v) is 9.25. The smallest absolute Gasteiger partial charge is 0.262 e. The molecular weight excluding hydrogens is 330 g/mol. The molecule has 1 aliphatic heterocycles. The van der Waals surface area contributed by atoms with Gasteiger partial charge >= 0.3 is 0 Å². The quantitative estimate of drug-likeness (QED) is 0.706. The largest absolute Gasteiger partial charge is 0.332 e. The van der Waals surface area contributed by atoms with Crippen LogP contribution in [0.15, 0.2) is 53.3 Å². The van der Waals surface area contributed by atoms with Crippen LogP contribution in [0.5, 0.6) is 0 Å². The van der Waals surface area contributed by atoms with Crippen molar-refractivity contribution in [3.63, 3.8) is 0 Å². The number of hydrogen-bond donors (Lipinski definition) is 2. The van der Waals surface area contributed by atoms with E-state index in [1.807, 2.05) is 24.3 Å². The number of para-hydroxylation sites is 1. The summed E-state index contributed by atoms with van der Waals surface area (Å²) in [6, 6.07) is 16.3. The van der Waals surface area contributed by atoms with Gasteiger partial charge in [-0.2, -0.15) is 0 Å². The van der Waals surface area contributed by atoms with Gasteiger partial charge in [0.25, 0.3) is 5.56 Å². The Bertz CT molecular complexity index is 1020. The third-order valence-electron chi connectivity index (χ3n) is 5.11. The molecule has 0 bridgehead atoms. The highest BCUT2D eigenvalue weighted by Crippen LogP contribution is 2.10. The van der Waals surface area contributed by atoms with Crippen LogP contribution in [0.2, 0.25) is 0 Å². The minimum Gasteiger partial charge on any atom is -0.332 e. The van der Waals surface area contributed by atoms with E-state index in [1.54, 1.807) is 9.47 Å². The summed E-state index contributed by atoms with van der Waals surface area (Å²) in [5.41, 5.74) is 3.77. The number of hydrogen-bond acceptors (Lipinski definition) is 2. The van der Waals surface area contributed by atoms with Gasteiger partial charge in [0.15, 0.2) is 4.77 Å². The van der Waals surface area contributed by atoms with Crippen LogP contribution in [0.3, 0.4) is 0 Å². The van der Waals surface area contributed by atoms with Gasteiger partial charge in [0.1, 0.15) is 6.54 Å². The molecule has 0 saturated carbocycles. The molecule has 0 radical (unpaired) electrons. The molecular formula is C20H22N3OS+. The lowest BCUT2D eigenvalue weighted by Gasteiger charge is -2.25. The molecule has 1 aliphatic rings. The van der Waals surface area contributed by atoms with Crippen molar-refractivity contribution in [1.82, 2.24) is 9.55 Å². The monoisotopic (exact) mass is 352 g/mol. The van der Waals surface area contributed by atoms with Gasteiger partial charge in [-0.3, -0.25) is 9.36 Å². The van der Waals surface area contributed by atoms with Crippen LogP contribution < -0.4 is 10.5 Å². The van der Waals surface area contributed by atoms with Gasteiger partial charge in [-0.1, -0.05) is 36.4 Å². The molecule has 4 rings (SSSR count). The minimum absolute atomic E-state index is 0.0124. The molecule has 2 heterocycles. The van der Waals surface area contributed by atoms with Crippen LogP contribution >= 0.6 is 12.2 Å². The van der Waals surface area contributed by atoms with Gasteiger partial charge in [0.2, 0.25) is 0 Å². The molecule has 5 heteroatoms. The SMILES string of the molecule is O=c1c2ccccc2[nH]c(=S)n1CCC[NH+]1CCc2ccccc2C1. The number of aromatic amines is 1. The maximum absolute atomic E-state index is 12.7. The topological polar surface area (TPSA) is 42.2 Å². The number of nitrogens with one attached hydrogen (secondary N) is 2. The first-order chi connectivity index (χ1) is 12.2.